The summed E-state index contributed by atoms with van der Waals surface area (Å²) in [7, 11) is -4.39. The van der Waals surface area contributed by atoms with Crippen LogP contribution in [0.1, 0.15) is 11.1 Å². The van der Waals surface area contributed by atoms with Crippen molar-refractivity contribution in [3.05, 3.63) is 33.1 Å². The van der Waals surface area contributed by atoms with Gasteiger partial charge in [-0.1, -0.05) is 0 Å². The van der Waals surface area contributed by atoms with E-state index < -0.39 is 49.9 Å². The predicted octanol–water partition coefficient (Wildman–Crippen LogP) is 1.89. The lowest BCUT2D eigenvalue weighted by Crippen LogP contribution is -2.30. The van der Waals surface area contributed by atoms with Crippen molar-refractivity contribution in [2.75, 3.05) is 6.54 Å². The molecule has 0 bridgehead atoms. The van der Waals surface area contributed by atoms with Crippen molar-refractivity contribution in [1.29, 1.82) is 0 Å². The fourth-order valence-corrected chi connectivity index (χ4v) is 3.26. The minimum atomic E-state index is -4.39. The Morgan fingerprint density at radius 1 is 1.40 bits per heavy atom. The molecule has 0 atom stereocenters. The van der Waals surface area contributed by atoms with E-state index in [1.807, 2.05) is 0 Å². The van der Waals surface area contributed by atoms with Gasteiger partial charge in [0.2, 0.25) is 15.8 Å². The van der Waals surface area contributed by atoms with Gasteiger partial charge in [0.1, 0.15) is 0 Å². The van der Waals surface area contributed by atoms with Gasteiger partial charge in [0.05, 0.1) is 21.9 Å². The SMILES string of the molecule is Cc1cc(F)c([N+](=O)[O-])c(C)c1S(=O)(=O)NCC(F)F. The molecule has 1 aromatic carbocycles. The van der Waals surface area contributed by atoms with Crippen LogP contribution in [0.5, 0.6) is 0 Å². The minimum Gasteiger partial charge on any atom is -0.258 e. The highest BCUT2D eigenvalue weighted by molar-refractivity contribution is 7.89. The molecule has 0 saturated carbocycles. The fraction of sp³-hybridized carbons (Fsp3) is 0.400. The summed E-state index contributed by atoms with van der Waals surface area (Å²) < 4.78 is 63.0. The van der Waals surface area contributed by atoms with Gasteiger partial charge >= 0.3 is 5.69 Å². The average molecular weight is 312 g/mol. The van der Waals surface area contributed by atoms with Gasteiger partial charge in [0.25, 0.3) is 6.43 Å². The van der Waals surface area contributed by atoms with Crippen LogP contribution in [0, 0.1) is 29.8 Å². The lowest BCUT2D eigenvalue weighted by atomic mass is 10.1. The summed E-state index contributed by atoms with van der Waals surface area (Å²) in [6, 6.07) is 0.683. The smallest absolute Gasteiger partial charge is 0.258 e. The molecule has 0 fully saturated rings. The minimum absolute atomic E-state index is 0.104. The van der Waals surface area contributed by atoms with Gasteiger partial charge < -0.3 is 0 Å². The van der Waals surface area contributed by atoms with Gasteiger partial charge in [-0.3, -0.25) is 10.1 Å². The monoisotopic (exact) mass is 312 g/mol. The lowest BCUT2D eigenvalue weighted by Gasteiger charge is -2.12. The third kappa shape index (κ3) is 3.25. The van der Waals surface area contributed by atoms with Gasteiger partial charge in [-0.25, -0.2) is 21.9 Å². The first-order valence-electron chi connectivity index (χ1n) is 5.29. The van der Waals surface area contributed by atoms with Crippen LogP contribution in [0.15, 0.2) is 11.0 Å². The first kappa shape index (κ1) is 16.4. The Kier molecular flexibility index (Phi) is 4.71. The van der Waals surface area contributed by atoms with Crippen molar-refractivity contribution in [3.63, 3.8) is 0 Å². The molecule has 1 N–H and O–H groups in total. The number of aryl methyl sites for hydroxylation is 1. The van der Waals surface area contributed by atoms with Crippen LogP contribution in [-0.4, -0.2) is 26.3 Å². The Morgan fingerprint density at radius 2 is 1.95 bits per heavy atom. The van der Waals surface area contributed by atoms with E-state index in [2.05, 4.69) is 0 Å². The van der Waals surface area contributed by atoms with Crippen LogP contribution < -0.4 is 4.72 Å². The van der Waals surface area contributed by atoms with E-state index in [9.17, 15) is 31.7 Å². The Morgan fingerprint density at radius 3 is 2.40 bits per heavy atom. The Bertz CT molecular complexity index is 646. The molecule has 0 amide bonds. The van der Waals surface area contributed by atoms with Crippen molar-refractivity contribution in [2.24, 2.45) is 0 Å². The molecule has 10 heteroatoms. The molecule has 0 unspecified atom stereocenters. The molecule has 6 nitrogen and oxygen atoms in total. The molecular weight excluding hydrogens is 301 g/mol. The van der Waals surface area contributed by atoms with Crippen molar-refractivity contribution in [3.8, 4) is 0 Å². The zero-order valence-electron chi connectivity index (χ0n) is 10.5. The van der Waals surface area contributed by atoms with Gasteiger partial charge in [-0.15, -0.1) is 0 Å². The normalized spacial score (nSPS) is 11.9. The van der Waals surface area contributed by atoms with Crippen molar-refractivity contribution >= 4 is 15.7 Å². The molecule has 0 aromatic heterocycles. The Hall–Kier alpha value is -1.68. The number of nitrogens with zero attached hydrogens (tertiary/aromatic N) is 1. The van der Waals surface area contributed by atoms with Crippen LogP contribution in [0.25, 0.3) is 0 Å². The van der Waals surface area contributed by atoms with E-state index in [0.29, 0.717) is 6.07 Å². The topological polar surface area (TPSA) is 89.3 Å². The summed E-state index contributed by atoms with van der Waals surface area (Å²) in [6.07, 6.45) is -2.92. The summed E-state index contributed by atoms with van der Waals surface area (Å²) in [5.74, 6) is -1.18. The highest BCUT2D eigenvalue weighted by atomic mass is 32.2. The van der Waals surface area contributed by atoms with Gasteiger partial charge in [0, 0.05) is 0 Å². The largest absolute Gasteiger partial charge is 0.309 e. The third-order valence-electron chi connectivity index (χ3n) is 2.50. The van der Waals surface area contributed by atoms with E-state index in [1.54, 1.807) is 4.72 Å². The van der Waals surface area contributed by atoms with Crippen LogP contribution in [0.2, 0.25) is 0 Å². The lowest BCUT2D eigenvalue weighted by molar-refractivity contribution is -0.388. The van der Waals surface area contributed by atoms with E-state index in [1.165, 1.54) is 6.92 Å². The maximum Gasteiger partial charge on any atom is 0.309 e. The zero-order chi connectivity index (χ0) is 15.7. The van der Waals surface area contributed by atoms with Crippen LogP contribution in [0.4, 0.5) is 18.9 Å². The maximum absolute atomic E-state index is 13.5. The molecule has 1 rings (SSSR count). The van der Waals surface area contributed by atoms with E-state index in [0.717, 1.165) is 6.92 Å². The molecule has 0 spiro atoms. The molecule has 0 aliphatic rings. The van der Waals surface area contributed by atoms with Gasteiger partial charge in [0.15, 0.2) is 0 Å². The third-order valence-corrected chi connectivity index (χ3v) is 4.21. The Balaban J connectivity index is 3.46. The van der Waals surface area contributed by atoms with E-state index in [4.69, 9.17) is 0 Å². The first-order chi connectivity index (χ1) is 9.08. The second-order valence-electron chi connectivity index (χ2n) is 3.98. The second-order valence-corrected chi connectivity index (χ2v) is 5.68. The molecular formula is C10H11F3N2O4S. The van der Waals surface area contributed by atoms with Crippen LogP contribution in [0.3, 0.4) is 0 Å². The van der Waals surface area contributed by atoms with Crippen LogP contribution in [-0.2, 0) is 10.0 Å². The van der Waals surface area contributed by atoms with Crippen molar-refractivity contribution in [1.82, 2.24) is 4.72 Å². The quantitative estimate of drug-likeness (QED) is 0.664. The van der Waals surface area contributed by atoms with Crippen molar-refractivity contribution < 1.29 is 26.5 Å². The number of nitro benzene ring substituents is 1. The number of sulfonamides is 1. The number of hydrogen-bond acceptors (Lipinski definition) is 4. The molecule has 0 heterocycles. The molecule has 0 saturated heterocycles. The summed E-state index contributed by atoms with van der Waals surface area (Å²) in [5.41, 5.74) is -1.53. The first-order valence-corrected chi connectivity index (χ1v) is 6.78. The molecule has 20 heavy (non-hydrogen) atoms. The molecule has 0 radical (unpaired) electrons. The number of alkyl halides is 2. The van der Waals surface area contributed by atoms with Crippen molar-refractivity contribution in [2.45, 2.75) is 25.2 Å². The number of hydrogen-bond donors (Lipinski definition) is 1. The van der Waals surface area contributed by atoms with E-state index in [-0.39, 0.29) is 5.56 Å². The molecule has 0 aliphatic carbocycles. The maximum atomic E-state index is 13.5. The summed E-state index contributed by atoms with van der Waals surface area (Å²) in [5, 5.41) is 10.7. The number of rotatable bonds is 5. The molecule has 112 valence electrons. The summed E-state index contributed by atoms with van der Waals surface area (Å²) >= 11 is 0. The number of benzene rings is 1. The van der Waals surface area contributed by atoms with E-state index >= 15 is 0 Å². The number of halogens is 3. The standard InChI is InChI=1S/C10H11F3N2O4S/c1-5-3-7(11)9(15(16)17)6(2)10(5)20(18,19)14-4-8(12)13/h3,8,14H,4H2,1-2H3. The van der Waals surface area contributed by atoms with Crippen LogP contribution >= 0.6 is 0 Å². The molecule has 0 aliphatic heterocycles. The summed E-state index contributed by atoms with van der Waals surface area (Å²) in [6.45, 7) is 1.13. The second kappa shape index (κ2) is 5.75. The highest BCUT2D eigenvalue weighted by Crippen LogP contribution is 2.30. The Labute approximate surface area is 112 Å². The zero-order valence-corrected chi connectivity index (χ0v) is 11.3. The number of nitro groups is 1. The van der Waals surface area contributed by atoms with Gasteiger partial charge in [-0.05, 0) is 25.5 Å². The van der Waals surface area contributed by atoms with Gasteiger partial charge in [-0.2, -0.15) is 4.39 Å². The predicted molar refractivity (Wildman–Crippen MR) is 63.7 cm³/mol. The molecule has 1 aromatic rings. The number of nitrogens with one attached hydrogen (secondary N) is 1. The fourth-order valence-electron chi connectivity index (χ4n) is 1.79. The summed E-state index contributed by atoms with van der Waals surface area (Å²) in [4.78, 5) is 9.11. The highest BCUT2D eigenvalue weighted by Gasteiger charge is 2.29. The average Bonchev–Trinajstić information content (AvgIpc) is 2.24.